The molecule has 0 saturated carbocycles. The summed E-state index contributed by atoms with van der Waals surface area (Å²) >= 11 is 5.45. The number of benzene rings is 2. The maximum Gasteiger partial charge on any atom is 0.335 e. The number of anilines is 1. The van der Waals surface area contributed by atoms with Crippen LogP contribution in [0.2, 0.25) is 0 Å². The lowest BCUT2D eigenvalue weighted by Gasteiger charge is -2.28. The SMILES string of the molecule is O=C1NC(=O)N(c2ccc(I)cc2)C(=O)[C@@H]1C=Nc1ccc(Br)cc1. The molecule has 126 valence electrons. The molecule has 0 spiro atoms. The number of amides is 4. The highest BCUT2D eigenvalue weighted by Crippen LogP contribution is 2.22. The summed E-state index contributed by atoms with van der Waals surface area (Å²) in [7, 11) is 0. The monoisotopic (exact) mass is 511 g/mol. The van der Waals surface area contributed by atoms with E-state index >= 15 is 0 Å². The molecule has 0 aromatic heterocycles. The molecule has 1 fully saturated rings. The van der Waals surface area contributed by atoms with Crippen molar-refractivity contribution in [2.75, 3.05) is 4.90 Å². The number of barbiturate groups is 1. The van der Waals surface area contributed by atoms with E-state index in [1.165, 1.54) is 6.21 Å². The molecule has 1 atom stereocenters. The second kappa shape index (κ2) is 7.44. The molecule has 1 heterocycles. The number of aliphatic imine (C=N–C) groups is 1. The summed E-state index contributed by atoms with van der Waals surface area (Å²) in [6.07, 6.45) is 1.26. The number of rotatable bonds is 3. The number of halogens is 2. The Balaban J connectivity index is 1.87. The highest BCUT2D eigenvalue weighted by atomic mass is 127. The van der Waals surface area contributed by atoms with Gasteiger partial charge in [-0.3, -0.25) is 19.9 Å². The van der Waals surface area contributed by atoms with Gasteiger partial charge in [0.1, 0.15) is 0 Å². The van der Waals surface area contributed by atoms with E-state index in [0.717, 1.165) is 12.9 Å². The third-order valence-corrected chi connectivity index (χ3v) is 4.73. The predicted molar refractivity (Wildman–Crippen MR) is 106 cm³/mol. The summed E-state index contributed by atoms with van der Waals surface area (Å²) in [6, 6.07) is 13.2. The van der Waals surface area contributed by atoms with Crippen LogP contribution in [0.1, 0.15) is 0 Å². The normalized spacial score (nSPS) is 17.9. The molecule has 0 unspecified atom stereocenters. The van der Waals surface area contributed by atoms with E-state index in [1.807, 2.05) is 0 Å². The van der Waals surface area contributed by atoms with Gasteiger partial charge in [-0.25, -0.2) is 9.69 Å². The lowest BCUT2D eigenvalue weighted by atomic mass is 10.1. The number of hydrogen-bond donors (Lipinski definition) is 1. The molecule has 1 aliphatic rings. The van der Waals surface area contributed by atoms with Gasteiger partial charge >= 0.3 is 6.03 Å². The van der Waals surface area contributed by atoms with Crippen LogP contribution in [0.5, 0.6) is 0 Å². The van der Waals surface area contributed by atoms with E-state index in [2.05, 4.69) is 48.8 Å². The predicted octanol–water partition coefficient (Wildman–Crippen LogP) is 3.66. The molecule has 25 heavy (non-hydrogen) atoms. The number of hydrogen-bond acceptors (Lipinski definition) is 4. The fraction of sp³-hybridized carbons (Fsp3) is 0.0588. The zero-order valence-electron chi connectivity index (χ0n) is 12.6. The molecule has 0 bridgehead atoms. The first-order valence-electron chi connectivity index (χ1n) is 7.20. The van der Waals surface area contributed by atoms with Gasteiger partial charge in [0.05, 0.1) is 11.4 Å². The maximum atomic E-state index is 12.7. The van der Waals surface area contributed by atoms with E-state index in [1.54, 1.807) is 48.5 Å². The molecule has 1 N–H and O–H groups in total. The molecular formula is C17H11BrIN3O3. The smallest absolute Gasteiger partial charge is 0.276 e. The van der Waals surface area contributed by atoms with Gasteiger partial charge in [0.2, 0.25) is 5.91 Å². The van der Waals surface area contributed by atoms with Gasteiger partial charge in [-0.05, 0) is 71.1 Å². The lowest BCUT2D eigenvalue weighted by molar-refractivity contribution is -0.131. The Labute approximate surface area is 165 Å². The van der Waals surface area contributed by atoms with Crippen molar-refractivity contribution in [1.29, 1.82) is 0 Å². The van der Waals surface area contributed by atoms with E-state index in [4.69, 9.17) is 0 Å². The summed E-state index contributed by atoms with van der Waals surface area (Å²) in [5.41, 5.74) is 0.999. The van der Waals surface area contributed by atoms with Crippen molar-refractivity contribution in [3.05, 3.63) is 56.6 Å². The summed E-state index contributed by atoms with van der Waals surface area (Å²) in [4.78, 5) is 41.9. The van der Waals surface area contributed by atoms with Crippen LogP contribution in [0.15, 0.2) is 58.0 Å². The molecule has 2 aromatic rings. The van der Waals surface area contributed by atoms with Crippen LogP contribution < -0.4 is 10.2 Å². The lowest BCUT2D eigenvalue weighted by Crippen LogP contribution is -2.58. The first kappa shape index (κ1) is 17.7. The van der Waals surface area contributed by atoms with Crippen LogP contribution in [0.25, 0.3) is 0 Å². The Kier molecular flexibility index (Phi) is 5.28. The fourth-order valence-corrected chi connectivity index (χ4v) is 2.87. The first-order valence-corrected chi connectivity index (χ1v) is 9.07. The van der Waals surface area contributed by atoms with Crippen LogP contribution >= 0.6 is 38.5 Å². The van der Waals surface area contributed by atoms with Gasteiger partial charge in [0, 0.05) is 14.3 Å². The van der Waals surface area contributed by atoms with Crippen molar-refractivity contribution in [2.24, 2.45) is 10.9 Å². The van der Waals surface area contributed by atoms with Crippen molar-refractivity contribution in [3.63, 3.8) is 0 Å². The van der Waals surface area contributed by atoms with Crippen molar-refractivity contribution >= 4 is 74.0 Å². The Morgan fingerprint density at radius 1 is 1.04 bits per heavy atom. The van der Waals surface area contributed by atoms with Crippen molar-refractivity contribution in [3.8, 4) is 0 Å². The molecule has 1 saturated heterocycles. The Hall–Kier alpha value is -2.07. The third-order valence-electron chi connectivity index (χ3n) is 3.49. The average molecular weight is 512 g/mol. The largest absolute Gasteiger partial charge is 0.335 e. The van der Waals surface area contributed by atoms with Gasteiger partial charge in [0.15, 0.2) is 5.92 Å². The molecule has 0 radical (unpaired) electrons. The molecule has 4 amide bonds. The number of imide groups is 2. The zero-order chi connectivity index (χ0) is 18.0. The van der Waals surface area contributed by atoms with Crippen molar-refractivity contribution in [2.45, 2.75) is 0 Å². The minimum Gasteiger partial charge on any atom is -0.276 e. The standard InChI is InChI=1S/C17H11BrIN3O3/c18-10-1-5-12(6-2-10)20-9-14-15(23)21-17(25)22(16(14)24)13-7-3-11(19)4-8-13/h1-9,14H,(H,21,23,25)/t14-/m1/s1. The first-order chi connectivity index (χ1) is 12.0. The highest BCUT2D eigenvalue weighted by Gasteiger charge is 2.40. The second-order valence-electron chi connectivity index (χ2n) is 5.18. The van der Waals surface area contributed by atoms with Crippen LogP contribution in [-0.2, 0) is 9.59 Å². The number of carbonyl (C=O) groups is 3. The van der Waals surface area contributed by atoms with E-state index < -0.39 is 23.8 Å². The molecule has 0 aliphatic carbocycles. The Bertz CT molecular complexity index is 866. The molecule has 3 rings (SSSR count). The van der Waals surface area contributed by atoms with Crippen molar-refractivity contribution < 1.29 is 14.4 Å². The van der Waals surface area contributed by atoms with Gasteiger partial charge in [0.25, 0.3) is 5.91 Å². The van der Waals surface area contributed by atoms with Crippen LogP contribution in [0, 0.1) is 9.49 Å². The molecule has 6 nitrogen and oxygen atoms in total. The van der Waals surface area contributed by atoms with Crippen LogP contribution in [0.3, 0.4) is 0 Å². The minimum atomic E-state index is -1.17. The average Bonchev–Trinajstić information content (AvgIpc) is 2.57. The summed E-state index contributed by atoms with van der Waals surface area (Å²) in [5.74, 6) is -2.48. The van der Waals surface area contributed by atoms with Gasteiger partial charge in [-0.2, -0.15) is 0 Å². The molecule has 8 heteroatoms. The number of urea groups is 1. The summed E-state index contributed by atoms with van der Waals surface area (Å²) < 4.78 is 1.86. The number of carbonyl (C=O) groups excluding carboxylic acids is 3. The zero-order valence-corrected chi connectivity index (χ0v) is 16.4. The minimum absolute atomic E-state index is 0.400. The highest BCUT2D eigenvalue weighted by molar-refractivity contribution is 14.1. The quantitative estimate of drug-likeness (QED) is 0.388. The topological polar surface area (TPSA) is 78.8 Å². The Morgan fingerprint density at radius 2 is 1.68 bits per heavy atom. The third kappa shape index (κ3) is 3.96. The van der Waals surface area contributed by atoms with E-state index in [0.29, 0.717) is 11.4 Å². The molecular weight excluding hydrogens is 501 g/mol. The van der Waals surface area contributed by atoms with Crippen molar-refractivity contribution in [1.82, 2.24) is 5.32 Å². The van der Waals surface area contributed by atoms with Crippen LogP contribution in [-0.4, -0.2) is 24.1 Å². The molecule has 1 aliphatic heterocycles. The summed E-state index contributed by atoms with van der Waals surface area (Å²) in [5, 5.41) is 2.19. The second-order valence-corrected chi connectivity index (χ2v) is 7.34. The number of nitrogens with one attached hydrogen (secondary N) is 1. The molecule has 2 aromatic carbocycles. The maximum absolute atomic E-state index is 12.7. The van der Waals surface area contributed by atoms with Gasteiger partial charge in [-0.15, -0.1) is 0 Å². The van der Waals surface area contributed by atoms with E-state index in [9.17, 15) is 14.4 Å². The fourth-order valence-electron chi connectivity index (χ4n) is 2.24. The van der Waals surface area contributed by atoms with Gasteiger partial charge < -0.3 is 0 Å². The Morgan fingerprint density at radius 3 is 2.32 bits per heavy atom. The van der Waals surface area contributed by atoms with E-state index in [-0.39, 0.29) is 0 Å². The number of nitrogens with zero attached hydrogens (tertiary/aromatic N) is 2. The summed E-state index contributed by atoms with van der Waals surface area (Å²) in [6.45, 7) is 0. The van der Waals surface area contributed by atoms with Crippen LogP contribution in [0.4, 0.5) is 16.2 Å². The van der Waals surface area contributed by atoms with Gasteiger partial charge in [-0.1, -0.05) is 15.9 Å².